The Morgan fingerprint density at radius 2 is 1.71 bits per heavy atom. The summed E-state index contributed by atoms with van der Waals surface area (Å²) < 4.78 is 5.15. The van der Waals surface area contributed by atoms with E-state index in [1.54, 1.807) is 7.11 Å². The van der Waals surface area contributed by atoms with Gasteiger partial charge in [-0.25, -0.2) is 0 Å². The summed E-state index contributed by atoms with van der Waals surface area (Å²) >= 11 is 0. The Kier molecular flexibility index (Phi) is 7.10. The van der Waals surface area contributed by atoms with E-state index >= 15 is 0 Å². The zero-order valence-corrected chi connectivity index (χ0v) is 13.7. The quantitative estimate of drug-likeness (QED) is 0.691. The van der Waals surface area contributed by atoms with E-state index in [1.165, 1.54) is 25.9 Å². The van der Waals surface area contributed by atoms with Crippen molar-refractivity contribution < 1.29 is 9.53 Å². The first-order valence-electron chi connectivity index (χ1n) is 8.42. The van der Waals surface area contributed by atoms with Crippen molar-refractivity contribution in [2.75, 3.05) is 66.1 Å². The number of ketones is 1. The maximum atomic E-state index is 11.5. The van der Waals surface area contributed by atoms with Gasteiger partial charge in [-0.1, -0.05) is 6.92 Å². The van der Waals surface area contributed by atoms with Crippen LogP contribution in [0, 0.1) is 0 Å². The highest BCUT2D eigenvalue weighted by molar-refractivity contribution is 5.80. The van der Waals surface area contributed by atoms with E-state index in [2.05, 4.69) is 14.7 Å². The van der Waals surface area contributed by atoms with Crippen molar-refractivity contribution in [3.8, 4) is 0 Å². The molecule has 122 valence electrons. The minimum Gasteiger partial charge on any atom is -0.383 e. The van der Waals surface area contributed by atoms with Crippen LogP contribution in [0.5, 0.6) is 0 Å². The standard InChI is InChI=1S/C16H31N3O2/c1-3-16(20)14-18-6-4-15(5-7-18)19-10-8-17(9-11-19)12-13-21-2/h15H,3-14H2,1-2H3. The highest BCUT2D eigenvalue weighted by Gasteiger charge is 2.27. The number of ether oxygens (including phenoxy) is 1. The topological polar surface area (TPSA) is 36.0 Å². The molecule has 0 atom stereocenters. The summed E-state index contributed by atoms with van der Waals surface area (Å²) in [5.74, 6) is 0.375. The number of carbonyl (C=O) groups is 1. The lowest BCUT2D eigenvalue weighted by atomic mass is 10.0. The van der Waals surface area contributed by atoms with Crippen LogP contribution in [0.2, 0.25) is 0 Å². The molecule has 2 saturated heterocycles. The number of nitrogens with zero attached hydrogens (tertiary/aromatic N) is 3. The Labute approximate surface area is 129 Å². The molecule has 2 heterocycles. The van der Waals surface area contributed by atoms with Gasteiger partial charge in [-0.05, 0) is 12.8 Å². The third-order valence-electron chi connectivity index (χ3n) is 4.89. The molecule has 2 aliphatic rings. The summed E-state index contributed by atoms with van der Waals surface area (Å²) in [4.78, 5) is 19.0. The molecule has 0 aromatic heterocycles. The summed E-state index contributed by atoms with van der Waals surface area (Å²) in [6.45, 7) is 11.4. The fourth-order valence-corrected chi connectivity index (χ4v) is 3.38. The van der Waals surface area contributed by atoms with Gasteiger partial charge in [0.05, 0.1) is 13.2 Å². The monoisotopic (exact) mass is 297 g/mol. The van der Waals surface area contributed by atoms with E-state index in [-0.39, 0.29) is 0 Å². The molecule has 0 bridgehead atoms. The molecule has 0 radical (unpaired) electrons. The summed E-state index contributed by atoms with van der Waals surface area (Å²) in [6, 6.07) is 0.725. The summed E-state index contributed by atoms with van der Waals surface area (Å²) in [7, 11) is 1.77. The van der Waals surface area contributed by atoms with Crippen LogP contribution in [-0.4, -0.2) is 92.6 Å². The molecule has 0 amide bonds. The second-order valence-electron chi connectivity index (χ2n) is 6.27. The first-order valence-corrected chi connectivity index (χ1v) is 8.42. The van der Waals surface area contributed by atoms with Crippen LogP contribution in [0.3, 0.4) is 0 Å². The van der Waals surface area contributed by atoms with Crippen LogP contribution < -0.4 is 0 Å². The van der Waals surface area contributed by atoms with Gasteiger partial charge in [0.25, 0.3) is 0 Å². The lowest BCUT2D eigenvalue weighted by molar-refractivity contribution is -0.120. The predicted octanol–water partition coefficient (Wildman–Crippen LogP) is 0.694. The lowest BCUT2D eigenvalue weighted by Gasteiger charge is -2.42. The minimum atomic E-state index is 0.375. The Balaban J connectivity index is 1.65. The SMILES string of the molecule is CCC(=O)CN1CCC(N2CCN(CCOC)CC2)CC1. The normalized spacial score (nSPS) is 23.5. The van der Waals surface area contributed by atoms with Crippen molar-refractivity contribution in [2.45, 2.75) is 32.2 Å². The first-order chi connectivity index (χ1) is 10.2. The number of hydrogen-bond acceptors (Lipinski definition) is 5. The molecule has 21 heavy (non-hydrogen) atoms. The van der Waals surface area contributed by atoms with Crippen LogP contribution in [0.15, 0.2) is 0 Å². The molecular weight excluding hydrogens is 266 g/mol. The van der Waals surface area contributed by atoms with E-state index in [4.69, 9.17) is 4.74 Å². The predicted molar refractivity (Wildman–Crippen MR) is 84.6 cm³/mol. The molecule has 0 spiro atoms. The van der Waals surface area contributed by atoms with E-state index in [0.29, 0.717) is 18.7 Å². The van der Waals surface area contributed by atoms with Crippen molar-refractivity contribution in [1.82, 2.24) is 14.7 Å². The van der Waals surface area contributed by atoms with Crippen molar-refractivity contribution >= 4 is 5.78 Å². The highest BCUT2D eigenvalue weighted by atomic mass is 16.5. The van der Waals surface area contributed by atoms with Crippen LogP contribution in [0.1, 0.15) is 26.2 Å². The molecular formula is C16H31N3O2. The van der Waals surface area contributed by atoms with Gasteiger partial charge in [0, 0.05) is 65.4 Å². The largest absolute Gasteiger partial charge is 0.383 e. The number of hydrogen-bond donors (Lipinski definition) is 0. The van der Waals surface area contributed by atoms with Gasteiger partial charge >= 0.3 is 0 Å². The van der Waals surface area contributed by atoms with Crippen molar-refractivity contribution in [1.29, 1.82) is 0 Å². The smallest absolute Gasteiger partial charge is 0.146 e. The third-order valence-corrected chi connectivity index (χ3v) is 4.89. The van der Waals surface area contributed by atoms with Crippen molar-refractivity contribution in [3.05, 3.63) is 0 Å². The first kappa shape index (κ1) is 16.9. The number of piperazine rings is 1. The highest BCUT2D eigenvalue weighted by Crippen LogP contribution is 2.18. The Bertz CT molecular complexity index is 309. The average molecular weight is 297 g/mol. The molecule has 0 unspecified atom stereocenters. The second-order valence-corrected chi connectivity index (χ2v) is 6.27. The maximum Gasteiger partial charge on any atom is 0.146 e. The van der Waals surface area contributed by atoms with Gasteiger partial charge in [0.2, 0.25) is 0 Å². The molecule has 0 aromatic carbocycles. The number of piperidine rings is 1. The van der Waals surface area contributed by atoms with Crippen molar-refractivity contribution in [3.63, 3.8) is 0 Å². The molecule has 2 rings (SSSR count). The number of carbonyl (C=O) groups excluding carboxylic acids is 1. The molecule has 0 saturated carbocycles. The van der Waals surface area contributed by atoms with E-state index in [9.17, 15) is 4.79 Å². The van der Waals surface area contributed by atoms with Gasteiger partial charge < -0.3 is 4.74 Å². The zero-order chi connectivity index (χ0) is 15.1. The summed E-state index contributed by atoms with van der Waals surface area (Å²) in [5.41, 5.74) is 0. The number of methoxy groups -OCH3 is 1. The molecule has 2 aliphatic heterocycles. The lowest BCUT2D eigenvalue weighted by Crippen LogP contribution is -2.53. The fraction of sp³-hybridized carbons (Fsp3) is 0.938. The van der Waals surface area contributed by atoms with Crippen LogP contribution in [-0.2, 0) is 9.53 Å². The second kappa shape index (κ2) is 8.83. The Hall–Kier alpha value is -0.490. The number of rotatable bonds is 7. The molecule has 0 aliphatic carbocycles. The molecule has 0 N–H and O–H groups in total. The van der Waals surface area contributed by atoms with Crippen molar-refractivity contribution in [2.24, 2.45) is 0 Å². The average Bonchev–Trinajstić information content (AvgIpc) is 2.54. The van der Waals surface area contributed by atoms with Gasteiger partial charge in [-0.2, -0.15) is 0 Å². The van der Waals surface area contributed by atoms with Crippen LogP contribution >= 0.6 is 0 Å². The zero-order valence-electron chi connectivity index (χ0n) is 13.7. The van der Waals surface area contributed by atoms with Gasteiger partial charge in [-0.3, -0.25) is 19.5 Å². The maximum absolute atomic E-state index is 11.5. The van der Waals surface area contributed by atoms with E-state index < -0.39 is 0 Å². The number of likely N-dealkylation sites (tertiary alicyclic amines) is 1. The van der Waals surface area contributed by atoms with Gasteiger partial charge in [0.15, 0.2) is 0 Å². The summed E-state index contributed by atoms with van der Waals surface area (Å²) in [5, 5.41) is 0. The molecule has 2 fully saturated rings. The van der Waals surface area contributed by atoms with E-state index in [1.807, 2.05) is 6.92 Å². The van der Waals surface area contributed by atoms with E-state index in [0.717, 1.165) is 45.4 Å². The number of Topliss-reactive ketones (excluding diaryl/α,β-unsaturated/α-hetero) is 1. The third kappa shape index (κ3) is 5.33. The van der Waals surface area contributed by atoms with Gasteiger partial charge in [0.1, 0.15) is 5.78 Å². The Morgan fingerprint density at radius 1 is 1.05 bits per heavy atom. The van der Waals surface area contributed by atoms with Crippen LogP contribution in [0.4, 0.5) is 0 Å². The fourth-order valence-electron chi connectivity index (χ4n) is 3.38. The molecule has 0 aromatic rings. The minimum absolute atomic E-state index is 0.375. The van der Waals surface area contributed by atoms with Gasteiger partial charge in [-0.15, -0.1) is 0 Å². The van der Waals surface area contributed by atoms with Crippen LogP contribution in [0.25, 0.3) is 0 Å². The molecule has 5 heteroatoms. The Morgan fingerprint density at radius 3 is 2.29 bits per heavy atom. The molecule has 5 nitrogen and oxygen atoms in total. The summed E-state index contributed by atoms with van der Waals surface area (Å²) in [6.07, 6.45) is 3.10.